The van der Waals surface area contributed by atoms with E-state index < -0.39 is 0 Å². The normalized spacial score (nSPS) is 10.7. The quantitative estimate of drug-likeness (QED) is 0.702. The van der Waals surface area contributed by atoms with Crippen molar-refractivity contribution in [3.8, 4) is 11.5 Å². The fraction of sp³-hybridized carbons (Fsp3) is 0.143. The highest BCUT2D eigenvalue weighted by Crippen LogP contribution is 2.38. The molecular formula is C14H11Cl4NO. The lowest BCUT2D eigenvalue weighted by atomic mass is 10.2. The molecule has 0 amide bonds. The lowest BCUT2D eigenvalue weighted by Gasteiger charge is -2.14. The molecule has 0 bridgehead atoms. The summed E-state index contributed by atoms with van der Waals surface area (Å²) < 4.78 is 5.81. The molecule has 0 saturated carbocycles. The average molecular weight is 351 g/mol. The van der Waals surface area contributed by atoms with Gasteiger partial charge in [0.15, 0.2) is 0 Å². The third kappa shape index (κ3) is 3.51. The van der Waals surface area contributed by atoms with Crippen molar-refractivity contribution >= 4 is 46.4 Å². The number of hydrogen-bond acceptors (Lipinski definition) is 2. The summed E-state index contributed by atoms with van der Waals surface area (Å²) in [6, 6.07) is 8.55. The van der Waals surface area contributed by atoms with E-state index in [0.29, 0.717) is 38.1 Å². The molecule has 0 radical (unpaired) electrons. The molecule has 0 aliphatic heterocycles. The predicted octanol–water partition coefficient (Wildman–Crippen LogP) is 5.81. The van der Waals surface area contributed by atoms with Crippen molar-refractivity contribution in [2.24, 2.45) is 0 Å². The van der Waals surface area contributed by atoms with Gasteiger partial charge >= 0.3 is 0 Å². The smallest absolute Gasteiger partial charge is 0.147 e. The first-order valence-electron chi connectivity index (χ1n) is 5.77. The molecule has 0 aliphatic rings. The van der Waals surface area contributed by atoms with E-state index in [-0.39, 0.29) is 0 Å². The molecule has 0 aliphatic carbocycles. The number of halogens is 4. The largest absolute Gasteiger partial charge is 0.455 e. The zero-order valence-corrected chi connectivity index (χ0v) is 13.5. The minimum atomic E-state index is 0.378. The summed E-state index contributed by atoms with van der Waals surface area (Å²) in [5.41, 5.74) is 0.846. The zero-order chi connectivity index (χ0) is 14.7. The van der Waals surface area contributed by atoms with Crippen LogP contribution in [0.2, 0.25) is 20.1 Å². The molecular weight excluding hydrogens is 340 g/mol. The van der Waals surface area contributed by atoms with E-state index in [0.717, 1.165) is 5.56 Å². The van der Waals surface area contributed by atoms with E-state index in [1.54, 1.807) is 18.2 Å². The van der Waals surface area contributed by atoms with Crippen LogP contribution < -0.4 is 10.1 Å². The van der Waals surface area contributed by atoms with Crippen LogP contribution in [0, 0.1) is 0 Å². The van der Waals surface area contributed by atoms with E-state index in [1.807, 2.05) is 19.2 Å². The standard InChI is InChI=1S/C14H11Cl4NO/c1-19-7-8-9(15)3-2-4-13(8)20-14-6-11(17)10(16)5-12(14)18/h2-6,19H,7H2,1H3. The lowest BCUT2D eigenvalue weighted by Crippen LogP contribution is -2.07. The van der Waals surface area contributed by atoms with Crippen LogP contribution in [0.5, 0.6) is 11.5 Å². The Hall–Kier alpha value is -0.640. The molecule has 0 heterocycles. The molecule has 106 valence electrons. The Balaban J connectivity index is 2.40. The first-order chi connectivity index (χ1) is 9.52. The lowest BCUT2D eigenvalue weighted by molar-refractivity contribution is 0.474. The van der Waals surface area contributed by atoms with Crippen molar-refractivity contribution in [2.45, 2.75) is 6.54 Å². The van der Waals surface area contributed by atoms with Crippen molar-refractivity contribution in [3.05, 3.63) is 56.0 Å². The average Bonchev–Trinajstić information content (AvgIpc) is 2.40. The van der Waals surface area contributed by atoms with E-state index >= 15 is 0 Å². The van der Waals surface area contributed by atoms with Gasteiger partial charge in [-0.1, -0.05) is 52.5 Å². The van der Waals surface area contributed by atoms with Crippen LogP contribution in [0.25, 0.3) is 0 Å². The van der Waals surface area contributed by atoms with Crippen molar-refractivity contribution in [3.63, 3.8) is 0 Å². The topological polar surface area (TPSA) is 21.3 Å². The van der Waals surface area contributed by atoms with E-state index in [9.17, 15) is 0 Å². The molecule has 0 aromatic heterocycles. The Bertz CT molecular complexity index is 631. The van der Waals surface area contributed by atoms with Gasteiger partial charge in [0.2, 0.25) is 0 Å². The molecule has 2 aromatic carbocycles. The van der Waals surface area contributed by atoms with Crippen LogP contribution in [-0.2, 0) is 6.54 Å². The highest BCUT2D eigenvalue weighted by atomic mass is 35.5. The Labute approximate surface area is 137 Å². The number of ether oxygens (including phenoxy) is 1. The minimum absolute atomic E-state index is 0.378. The fourth-order valence-electron chi connectivity index (χ4n) is 1.68. The Kier molecular flexibility index (Phi) is 5.42. The third-order valence-corrected chi connectivity index (χ3v) is 4.00. The molecule has 2 aromatic rings. The first kappa shape index (κ1) is 15.7. The number of benzene rings is 2. The van der Waals surface area contributed by atoms with E-state index in [1.165, 1.54) is 0 Å². The maximum atomic E-state index is 6.17. The number of hydrogen-bond donors (Lipinski definition) is 1. The fourth-order valence-corrected chi connectivity index (χ4v) is 2.49. The van der Waals surface area contributed by atoms with Crippen LogP contribution in [-0.4, -0.2) is 7.05 Å². The van der Waals surface area contributed by atoms with Crippen LogP contribution >= 0.6 is 46.4 Å². The van der Waals surface area contributed by atoms with Crippen LogP contribution in [0.1, 0.15) is 5.56 Å². The number of nitrogens with one attached hydrogen (secondary N) is 1. The summed E-state index contributed by atoms with van der Waals surface area (Å²) in [7, 11) is 1.83. The first-order valence-corrected chi connectivity index (χ1v) is 7.28. The van der Waals surface area contributed by atoms with Gasteiger partial charge in [0.1, 0.15) is 11.5 Å². The molecule has 0 spiro atoms. The van der Waals surface area contributed by atoms with E-state index in [4.69, 9.17) is 51.1 Å². The molecule has 6 heteroatoms. The molecule has 2 rings (SSSR count). The predicted molar refractivity (Wildman–Crippen MR) is 85.8 cm³/mol. The van der Waals surface area contributed by atoms with Gasteiger partial charge < -0.3 is 10.1 Å². The Morgan fingerprint density at radius 3 is 2.30 bits per heavy atom. The molecule has 20 heavy (non-hydrogen) atoms. The highest BCUT2D eigenvalue weighted by molar-refractivity contribution is 6.43. The van der Waals surface area contributed by atoms with Crippen molar-refractivity contribution in [1.82, 2.24) is 5.32 Å². The SMILES string of the molecule is CNCc1c(Cl)cccc1Oc1cc(Cl)c(Cl)cc1Cl. The van der Waals surface area contributed by atoms with Gasteiger partial charge in [-0.25, -0.2) is 0 Å². The molecule has 0 fully saturated rings. The van der Waals surface area contributed by atoms with Crippen molar-refractivity contribution in [1.29, 1.82) is 0 Å². The second-order valence-electron chi connectivity index (χ2n) is 4.05. The summed E-state index contributed by atoms with van der Waals surface area (Å²) in [4.78, 5) is 0. The summed E-state index contributed by atoms with van der Waals surface area (Å²) in [5.74, 6) is 1.05. The molecule has 0 atom stereocenters. The van der Waals surface area contributed by atoms with Gasteiger partial charge in [0.25, 0.3) is 0 Å². The molecule has 2 nitrogen and oxygen atoms in total. The Morgan fingerprint density at radius 1 is 0.900 bits per heavy atom. The third-order valence-electron chi connectivity index (χ3n) is 2.62. The highest BCUT2D eigenvalue weighted by Gasteiger charge is 2.12. The van der Waals surface area contributed by atoms with Gasteiger partial charge in [0, 0.05) is 23.2 Å². The monoisotopic (exact) mass is 349 g/mol. The van der Waals surface area contributed by atoms with Gasteiger partial charge in [-0.2, -0.15) is 0 Å². The van der Waals surface area contributed by atoms with Crippen LogP contribution in [0.4, 0.5) is 0 Å². The van der Waals surface area contributed by atoms with Crippen molar-refractivity contribution < 1.29 is 4.74 Å². The molecule has 0 unspecified atom stereocenters. The Morgan fingerprint density at radius 2 is 1.60 bits per heavy atom. The summed E-state index contributed by atoms with van der Waals surface area (Å²) in [5, 5.41) is 4.80. The maximum absolute atomic E-state index is 6.17. The van der Waals surface area contributed by atoms with Crippen LogP contribution in [0.15, 0.2) is 30.3 Å². The number of rotatable bonds is 4. The van der Waals surface area contributed by atoms with Crippen molar-refractivity contribution in [2.75, 3.05) is 7.05 Å². The second kappa shape index (κ2) is 6.88. The minimum Gasteiger partial charge on any atom is -0.455 e. The van der Waals surface area contributed by atoms with Gasteiger partial charge in [-0.05, 0) is 25.2 Å². The molecule has 0 saturated heterocycles. The zero-order valence-electron chi connectivity index (χ0n) is 10.5. The summed E-state index contributed by atoms with van der Waals surface area (Å²) >= 11 is 24.1. The second-order valence-corrected chi connectivity index (χ2v) is 5.67. The van der Waals surface area contributed by atoms with Gasteiger partial charge in [-0.15, -0.1) is 0 Å². The molecule has 1 N–H and O–H groups in total. The summed E-state index contributed by atoms with van der Waals surface area (Å²) in [6.07, 6.45) is 0. The maximum Gasteiger partial charge on any atom is 0.147 e. The van der Waals surface area contributed by atoms with Crippen LogP contribution in [0.3, 0.4) is 0 Å². The van der Waals surface area contributed by atoms with Gasteiger partial charge in [-0.3, -0.25) is 0 Å². The van der Waals surface area contributed by atoms with E-state index in [2.05, 4.69) is 5.32 Å². The summed E-state index contributed by atoms with van der Waals surface area (Å²) in [6.45, 7) is 0.577. The van der Waals surface area contributed by atoms with Gasteiger partial charge in [0.05, 0.1) is 15.1 Å².